The van der Waals surface area contributed by atoms with Gasteiger partial charge < -0.3 is 4.74 Å². The molecule has 0 aromatic heterocycles. The molecule has 0 fully saturated rings. The lowest BCUT2D eigenvalue weighted by atomic mass is 10.1. The zero-order valence-corrected chi connectivity index (χ0v) is 8.66. The Morgan fingerprint density at radius 3 is 2.53 bits per heavy atom. The summed E-state index contributed by atoms with van der Waals surface area (Å²) in [5.41, 5.74) is 1.11. The van der Waals surface area contributed by atoms with Gasteiger partial charge in [-0.2, -0.15) is 0 Å². The molecule has 0 spiro atoms. The monoisotopic (exact) mass is 196 g/mol. The number of rotatable bonds is 2. The van der Waals surface area contributed by atoms with Gasteiger partial charge in [-0.1, -0.05) is 30.2 Å². The molecular formula is C14H12O. The Kier molecular flexibility index (Phi) is 2.60. The molecule has 0 unspecified atom stereocenters. The Morgan fingerprint density at radius 2 is 1.87 bits per heavy atom. The van der Waals surface area contributed by atoms with Gasteiger partial charge in [0.05, 0.1) is 0 Å². The second-order valence-electron chi connectivity index (χ2n) is 3.46. The largest absolute Gasteiger partial charge is 0.481 e. The predicted molar refractivity (Wildman–Crippen MR) is 63.0 cm³/mol. The molecule has 0 N–H and O–H groups in total. The zero-order valence-electron chi connectivity index (χ0n) is 8.66. The minimum atomic E-state index is 0.319. The molecule has 2 aromatic rings. The number of fused-ring (bicyclic) bond motifs is 1. The second-order valence-corrected chi connectivity index (χ2v) is 3.46. The van der Waals surface area contributed by atoms with E-state index < -0.39 is 0 Å². The van der Waals surface area contributed by atoms with Gasteiger partial charge in [-0.3, -0.25) is 0 Å². The minimum Gasteiger partial charge on any atom is -0.481 e. The van der Waals surface area contributed by atoms with Crippen LogP contribution in [0.5, 0.6) is 5.75 Å². The molecule has 0 saturated heterocycles. The average molecular weight is 196 g/mol. The third-order valence-electron chi connectivity index (χ3n) is 2.35. The number of benzene rings is 2. The van der Waals surface area contributed by atoms with Gasteiger partial charge in [0.25, 0.3) is 0 Å². The second kappa shape index (κ2) is 4.06. The van der Waals surface area contributed by atoms with Gasteiger partial charge >= 0.3 is 0 Å². The minimum absolute atomic E-state index is 0.319. The fraction of sp³-hybridized carbons (Fsp3) is 0.143. The van der Waals surface area contributed by atoms with Crippen molar-refractivity contribution in [2.75, 3.05) is 6.61 Å². The van der Waals surface area contributed by atoms with Crippen LogP contribution in [0, 0.1) is 19.3 Å². The molecule has 0 heterocycles. The fourth-order valence-corrected chi connectivity index (χ4v) is 1.61. The quantitative estimate of drug-likeness (QED) is 0.670. The molecule has 0 radical (unpaired) electrons. The van der Waals surface area contributed by atoms with Crippen molar-refractivity contribution in [1.82, 2.24) is 0 Å². The maximum atomic E-state index is 5.46. The highest BCUT2D eigenvalue weighted by atomic mass is 16.5. The third kappa shape index (κ3) is 1.94. The number of hydrogen-bond acceptors (Lipinski definition) is 1. The summed E-state index contributed by atoms with van der Waals surface area (Å²) in [6.45, 7) is 2.34. The molecule has 1 nitrogen and oxygen atoms in total. The van der Waals surface area contributed by atoms with Crippen molar-refractivity contribution in [3.63, 3.8) is 0 Å². The van der Waals surface area contributed by atoms with Crippen molar-refractivity contribution in [1.29, 1.82) is 0 Å². The Hall–Kier alpha value is -1.94. The summed E-state index contributed by atoms with van der Waals surface area (Å²) in [5.74, 6) is 3.34. The Morgan fingerprint density at radius 1 is 1.20 bits per heavy atom. The van der Waals surface area contributed by atoms with E-state index in [-0.39, 0.29) is 0 Å². The molecule has 0 aliphatic rings. The highest BCUT2D eigenvalue weighted by Gasteiger charge is 2.01. The van der Waals surface area contributed by atoms with Crippen LogP contribution >= 0.6 is 0 Å². The van der Waals surface area contributed by atoms with Gasteiger partial charge in [-0.05, 0) is 35.4 Å². The summed E-state index contributed by atoms with van der Waals surface area (Å²) in [4.78, 5) is 0. The van der Waals surface area contributed by atoms with E-state index in [0.29, 0.717) is 6.61 Å². The SMILES string of the molecule is C#CCOc1cc2ccccc2cc1C. The number of terminal acetylenes is 1. The topological polar surface area (TPSA) is 9.23 Å². The van der Waals surface area contributed by atoms with Crippen molar-refractivity contribution >= 4 is 10.8 Å². The van der Waals surface area contributed by atoms with E-state index in [2.05, 4.69) is 24.1 Å². The predicted octanol–water partition coefficient (Wildman–Crippen LogP) is 3.16. The Bertz CT molecular complexity index is 520. The summed E-state index contributed by atoms with van der Waals surface area (Å²) in [6, 6.07) is 12.3. The lowest BCUT2D eigenvalue weighted by molar-refractivity contribution is 0.368. The van der Waals surface area contributed by atoms with E-state index >= 15 is 0 Å². The molecule has 0 atom stereocenters. The van der Waals surface area contributed by atoms with Crippen molar-refractivity contribution in [2.24, 2.45) is 0 Å². The summed E-state index contributed by atoms with van der Waals surface area (Å²) >= 11 is 0. The van der Waals surface area contributed by atoms with Gasteiger partial charge in [0.15, 0.2) is 0 Å². The Balaban J connectivity index is 2.48. The van der Waals surface area contributed by atoms with Crippen LogP contribution < -0.4 is 4.74 Å². The van der Waals surface area contributed by atoms with Gasteiger partial charge in [0.2, 0.25) is 0 Å². The van der Waals surface area contributed by atoms with E-state index in [1.807, 2.05) is 25.1 Å². The van der Waals surface area contributed by atoms with Gasteiger partial charge in [0.1, 0.15) is 12.4 Å². The molecule has 0 amide bonds. The van der Waals surface area contributed by atoms with Crippen LogP contribution in [0.25, 0.3) is 10.8 Å². The smallest absolute Gasteiger partial charge is 0.148 e. The lowest BCUT2D eigenvalue weighted by Gasteiger charge is -2.08. The molecule has 0 aliphatic heterocycles. The van der Waals surface area contributed by atoms with Crippen molar-refractivity contribution in [3.8, 4) is 18.1 Å². The molecule has 74 valence electrons. The fourth-order valence-electron chi connectivity index (χ4n) is 1.61. The lowest BCUT2D eigenvalue weighted by Crippen LogP contribution is -1.95. The van der Waals surface area contributed by atoms with Gasteiger partial charge in [-0.15, -0.1) is 6.42 Å². The molecule has 0 bridgehead atoms. The first kappa shape index (κ1) is 9.61. The van der Waals surface area contributed by atoms with Crippen LogP contribution in [0.2, 0.25) is 0 Å². The molecule has 0 saturated carbocycles. The van der Waals surface area contributed by atoms with E-state index in [9.17, 15) is 0 Å². The maximum Gasteiger partial charge on any atom is 0.148 e. The van der Waals surface area contributed by atoms with Gasteiger partial charge in [0, 0.05) is 0 Å². The molecule has 2 aromatic carbocycles. The van der Waals surface area contributed by atoms with Crippen LogP contribution in [0.15, 0.2) is 36.4 Å². The first-order valence-electron chi connectivity index (χ1n) is 4.87. The number of aryl methyl sites for hydroxylation is 1. The number of ether oxygens (including phenoxy) is 1. The van der Waals surface area contributed by atoms with Crippen molar-refractivity contribution in [2.45, 2.75) is 6.92 Å². The van der Waals surface area contributed by atoms with Crippen LogP contribution in [0.4, 0.5) is 0 Å². The third-order valence-corrected chi connectivity index (χ3v) is 2.35. The first-order valence-corrected chi connectivity index (χ1v) is 4.87. The van der Waals surface area contributed by atoms with Crippen LogP contribution in [0.3, 0.4) is 0 Å². The van der Waals surface area contributed by atoms with Crippen molar-refractivity contribution < 1.29 is 4.74 Å². The van der Waals surface area contributed by atoms with E-state index in [1.54, 1.807) is 0 Å². The number of hydrogen-bond donors (Lipinski definition) is 0. The summed E-state index contributed by atoms with van der Waals surface area (Å²) < 4.78 is 5.46. The summed E-state index contributed by atoms with van der Waals surface area (Å²) in [5, 5.41) is 2.40. The van der Waals surface area contributed by atoms with E-state index in [4.69, 9.17) is 11.2 Å². The highest BCUT2D eigenvalue weighted by molar-refractivity contribution is 5.84. The normalized spacial score (nSPS) is 9.87. The molecular weight excluding hydrogens is 184 g/mol. The van der Waals surface area contributed by atoms with E-state index in [1.165, 1.54) is 10.8 Å². The Labute approximate surface area is 89.7 Å². The standard InChI is InChI=1S/C14H12O/c1-3-8-15-14-10-13-7-5-4-6-12(13)9-11(14)2/h1,4-7,9-10H,8H2,2H3. The van der Waals surface area contributed by atoms with Gasteiger partial charge in [-0.25, -0.2) is 0 Å². The molecule has 2 rings (SSSR count). The zero-order chi connectivity index (χ0) is 10.7. The van der Waals surface area contributed by atoms with E-state index in [0.717, 1.165) is 11.3 Å². The summed E-state index contributed by atoms with van der Waals surface area (Å²) in [7, 11) is 0. The molecule has 0 aliphatic carbocycles. The average Bonchev–Trinajstić information content (AvgIpc) is 2.26. The van der Waals surface area contributed by atoms with Crippen molar-refractivity contribution in [3.05, 3.63) is 42.0 Å². The van der Waals surface area contributed by atoms with Crippen LogP contribution in [-0.4, -0.2) is 6.61 Å². The molecule has 1 heteroatoms. The summed E-state index contributed by atoms with van der Waals surface area (Å²) in [6.07, 6.45) is 5.16. The van der Waals surface area contributed by atoms with Crippen LogP contribution in [-0.2, 0) is 0 Å². The maximum absolute atomic E-state index is 5.46. The highest BCUT2D eigenvalue weighted by Crippen LogP contribution is 2.25. The van der Waals surface area contributed by atoms with Crippen LogP contribution in [0.1, 0.15) is 5.56 Å². The molecule has 15 heavy (non-hydrogen) atoms. The first-order chi connectivity index (χ1) is 7.31.